The molecule has 0 N–H and O–H groups in total. The van der Waals surface area contributed by atoms with Crippen LogP contribution in [0.1, 0.15) is 5.69 Å². The van der Waals surface area contributed by atoms with Crippen LogP contribution in [-0.4, -0.2) is 74.9 Å². The normalized spacial score (nSPS) is 24.4. The molecule has 1 aliphatic carbocycles. The number of halogens is 1. The number of likely N-dealkylation sites (N-methyl/N-ethyl adjacent to an activating group) is 1. The molecule has 1 unspecified atom stereocenters. The lowest BCUT2D eigenvalue weighted by molar-refractivity contribution is 0.215. The monoisotopic (exact) mass is 331 g/mol. The van der Waals surface area contributed by atoms with Gasteiger partial charge in [-0.2, -0.15) is 4.80 Å². The van der Waals surface area contributed by atoms with Gasteiger partial charge in [-0.25, -0.2) is 9.98 Å². The smallest absolute Gasteiger partial charge is 0.206 e. The van der Waals surface area contributed by atoms with E-state index in [4.69, 9.17) is 16.6 Å². The van der Waals surface area contributed by atoms with E-state index >= 15 is 0 Å². The summed E-state index contributed by atoms with van der Waals surface area (Å²) in [6, 6.07) is 0. The molecule has 7 nitrogen and oxygen atoms in total. The average Bonchev–Trinajstić information content (AvgIpc) is 2.82. The maximum absolute atomic E-state index is 6.21. The van der Waals surface area contributed by atoms with Crippen molar-refractivity contribution >= 4 is 29.0 Å². The first kappa shape index (κ1) is 14.6. The van der Waals surface area contributed by atoms with E-state index < -0.39 is 0 Å². The van der Waals surface area contributed by atoms with Crippen LogP contribution in [0, 0.1) is 0 Å². The van der Waals surface area contributed by atoms with Crippen LogP contribution in [0.4, 0.5) is 5.82 Å². The van der Waals surface area contributed by atoms with Crippen LogP contribution >= 0.6 is 11.6 Å². The Morgan fingerprint density at radius 2 is 1.87 bits per heavy atom. The summed E-state index contributed by atoms with van der Waals surface area (Å²) >= 11 is 6.21. The van der Waals surface area contributed by atoms with Crippen molar-refractivity contribution in [3.05, 3.63) is 29.6 Å². The van der Waals surface area contributed by atoms with Crippen molar-refractivity contribution in [1.29, 1.82) is 0 Å². The maximum Gasteiger partial charge on any atom is 0.206 e. The highest BCUT2D eigenvalue weighted by Crippen LogP contribution is 2.26. The molecule has 1 fully saturated rings. The third-order valence-electron chi connectivity index (χ3n) is 4.18. The number of nitrogens with zero attached hydrogens (tertiary/aromatic N) is 7. The van der Waals surface area contributed by atoms with Gasteiger partial charge in [0.05, 0.1) is 16.8 Å². The Morgan fingerprint density at radius 3 is 2.65 bits per heavy atom. The van der Waals surface area contributed by atoms with E-state index in [9.17, 15) is 0 Å². The Labute approximate surface area is 139 Å². The first-order valence-corrected chi connectivity index (χ1v) is 8.11. The number of hydrogen-bond acceptors (Lipinski definition) is 6. The minimum Gasteiger partial charge on any atom is -0.352 e. The van der Waals surface area contributed by atoms with Gasteiger partial charge in [0.2, 0.25) is 5.82 Å². The summed E-state index contributed by atoms with van der Waals surface area (Å²) < 4.78 is 0. The molecule has 1 aromatic heterocycles. The number of fused-ring (bicyclic) bond motifs is 2. The third kappa shape index (κ3) is 2.70. The zero-order valence-electron chi connectivity index (χ0n) is 13.1. The summed E-state index contributed by atoms with van der Waals surface area (Å²) in [5.41, 5.74) is 2.32. The second kappa shape index (κ2) is 5.58. The van der Waals surface area contributed by atoms with Gasteiger partial charge in [-0.05, 0) is 19.2 Å². The van der Waals surface area contributed by atoms with Gasteiger partial charge in [0.1, 0.15) is 0 Å². The minimum atomic E-state index is -0.161. The van der Waals surface area contributed by atoms with Crippen molar-refractivity contribution in [2.45, 2.75) is 5.38 Å². The summed E-state index contributed by atoms with van der Waals surface area (Å²) in [6.45, 7) is 3.82. The summed E-state index contributed by atoms with van der Waals surface area (Å²) in [5, 5.41) is 8.72. The highest BCUT2D eigenvalue weighted by Gasteiger charge is 2.28. The summed E-state index contributed by atoms with van der Waals surface area (Å²) in [5.74, 6) is 1.45. The average molecular weight is 332 g/mol. The van der Waals surface area contributed by atoms with Crippen molar-refractivity contribution in [3.8, 4) is 0 Å². The summed E-state index contributed by atoms with van der Waals surface area (Å²) in [6.07, 6.45) is 5.72. The quantitative estimate of drug-likeness (QED) is 0.664. The van der Waals surface area contributed by atoms with E-state index in [2.05, 4.69) is 32.0 Å². The zero-order valence-corrected chi connectivity index (χ0v) is 13.9. The first-order chi connectivity index (χ1) is 11.1. The van der Waals surface area contributed by atoms with Gasteiger partial charge in [0.15, 0.2) is 11.5 Å². The second-order valence-corrected chi connectivity index (χ2v) is 6.44. The predicted octanol–water partition coefficient (Wildman–Crippen LogP) is 0.956. The lowest BCUT2D eigenvalue weighted by Crippen LogP contribution is -2.47. The van der Waals surface area contributed by atoms with Crippen LogP contribution in [0.15, 0.2) is 33.9 Å². The number of rotatable bonds is 0. The molecule has 3 heterocycles. The molecule has 2 aliphatic heterocycles. The molecule has 8 heteroatoms. The molecule has 1 aromatic rings. The lowest BCUT2D eigenvalue weighted by atomic mass is 10.1. The van der Waals surface area contributed by atoms with Gasteiger partial charge in [0, 0.05) is 33.2 Å². The van der Waals surface area contributed by atoms with Crippen LogP contribution in [-0.2, 0) is 7.05 Å². The van der Waals surface area contributed by atoms with Crippen molar-refractivity contribution in [2.75, 3.05) is 33.2 Å². The Kier molecular flexibility index (Phi) is 3.54. The topological polar surface area (TPSA) is 61.9 Å². The van der Waals surface area contributed by atoms with Crippen LogP contribution in [0.25, 0.3) is 0 Å². The van der Waals surface area contributed by atoms with Crippen LogP contribution in [0.3, 0.4) is 0 Å². The number of allylic oxidation sites excluding steroid dienone is 3. The zero-order chi connectivity index (χ0) is 16.0. The molecule has 0 spiro atoms. The Balaban J connectivity index is 1.80. The first-order valence-electron chi connectivity index (χ1n) is 7.67. The van der Waals surface area contributed by atoms with E-state index in [1.807, 2.05) is 18.2 Å². The van der Waals surface area contributed by atoms with Crippen LogP contribution in [0.2, 0.25) is 0 Å². The van der Waals surface area contributed by atoms with Gasteiger partial charge in [-0.1, -0.05) is 6.08 Å². The number of aliphatic imine (C=N–C) groups is 2. The summed E-state index contributed by atoms with van der Waals surface area (Å²) in [4.78, 5) is 15.6. The van der Waals surface area contributed by atoms with Gasteiger partial charge in [0.25, 0.3) is 0 Å². The fourth-order valence-electron chi connectivity index (χ4n) is 2.89. The Bertz CT molecular complexity index is 750. The Morgan fingerprint density at radius 1 is 1.09 bits per heavy atom. The van der Waals surface area contributed by atoms with Crippen molar-refractivity contribution in [3.63, 3.8) is 0 Å². The van der Waals surface area contributed by atoms with E-state index in [-0.39, 0.29) is 5.38 Å². The van der Waals surface area contributed by atoms with Crippen molar-refractivity contribution < 1.29 is 0 Å². The van der Waals surface area contributed by atoms with E-state index in [1.54, 1.807) is 11.8 Å². The van der Waals surface area contributed by atoms with Gasteiger partial charge >= 0.3 is 0 Å². The molecule has 0 amide bonds. The second-order valence-electron chi connectivity index (χ2n) is 5.94. The molecular weight excluding hydrogens is 314 g/mol. The molecule has 0 bridgehead atoms. The standard InChI is InChI=1S/C15H18ClN7/c1-21-5-7-23(8-6-21)15-13-14(20-22(2)19-13)17-11-4-3-10(16)9-12(11)18-15/h3-4,9-10H,5-8H2,1-2H3. The van der Waals surface area contributed by atoms with E-state index in [1.165, 1.54) is 0 Å². The molecule has 0 aromatic carbocycles. The molecule has 23 heavy (non-hydrogen) atoms. The fourth-order valence-corrected chi connectivity index (χ4v) is 3.08. The predicted molar refractivity (Wildman–Crippen MR) is 90.6 cm³/mol. The number of amidine groups is 1. The van der Waals surface area contributed by atoms with Gasteiger partial charge in [-0.15, -0.1) is 21.8 Å². The number of hydrogen-bond donors (Lipinski definition) is 0. The number of aromatic nitrogens is 3. The van der Waals surface area contributed by atoms with E-state index in [0.717, 1.165) is 49.1 Å². The van der Waals surface area contributed by atoms with Crippen molar-refractivity contribution in [2.24, 2.45) is 17.0 Å². The van der Waals surface area contributed by atoms with Crippen LogP contribution in [0.5, 0.6) is 0 Å². The minimum absolute atomic E-state index is 0.161. The molecule has 120 valence electrons. The van der Waals surface area contributed by atoms with Gasteiger partial charge < -0.3 is 9.80 Å². The number of piperazine rings is 1. The number of alkyl halides is 1. The third-order valence-corrected chi connectivity index (χ3v) is 4.45. The van der Waals surface area contributed by atoms with Crippen LogP contribution < -0.4 is 0 Å². The SMILES string of the molecule is CN1CCN(C2=NC3=CC(Cl)C=CC3=Nc3nn(C)nc32)CC1. The van der Waals surface area contributed by atoms with E-state index in [0.29, 0.717) is 5.82 Å². The number of aryl methyl sites for hydroxylation is 1. The molecule has 1 saturated heterocycles. The largest absolute Gasteiger partial charge is 0.352 e. The fraction of sp³-hybridized carbons (Fsp3) is 0.467. The summed E-state index contributed by atoms with van der Waals surface area (Å²) in [7, 11) is 3.94. The maximum atomic E-state index is 6.21. The Hall–Kier alpha value is -1.99. The lowest BCUT2D eigenvalue weighted by Gasteiger charge is -2.34. The highest BCUT2D eigenvalue weighted by atomic mass is 35.5. The molecule has 0 radical (unpaired) electrons. The highest BCUT2D eigenvalue weighted by molar-refractivity contribution is 6.26. The van der Waals surface area contributed by atoms with Gasteiger partial charge in [-0.3, -0.25) is 0 Å². The molecule has 4 rings (SSSR count). The van der Waals surface area contributed by atoms with Crippen molar-refractivity contribution in [1.82, 2.24) is 24.8 Å². The molecule has 0 saturated carbocycles. The molecule has 1 atom stereocenters. The molecular formula is C15H18ClN7. The molecule has 3 aliphatic rings.